The van der Waals surface area contributed by atoms with E-state index in [2.05, 4.69) is 15.3 Å². The lowest BCUT2D eigenvalue weighted by Crippen LogP contribution is -2.36. The summed E-state index contributed by atoms with van der Waals surface area (Å²) in [6, 6.07) is 1.56. The number of furan rings is 1. The Bertz CT molecular complexity index is 651. The summed E-state index contributed by atoms with van der Waals surface area (Å²) in [7, 11) is 1.54. The van der Waals surface area contributed by atoms with E-state index in [0.717, 1.165) is 0 Å². The molecule has 3 rings (SSSR count). The van der Waals surface area contributed by atoms with Crippen molar-refractivity contribution in [2.75, 3.05) is 38.3 Å². The van der Waals surface area contributed by atoms with Crippen molar-refractivity contribution >= 4 is 34.4 Å². The van der Waals surface area contributed by atoms with Crippen molar-refractivity contribution in [1.29, 1.82) is 0 Å². The molecule has 2 aromatic rings. The minimum Gasteiger partial charge on any atom is -0.445 e. The van der Waals surface area contributed by atoms with Crippen molar-refractivity contribution in [2.45, 2.75) is 0 Å². The lowest BCUT2D eigenvalue weighted by molar-refractivity contribution is 0.0937. The molecule has 1 aliphatic rings. The van der Waals surface area contributed by atoms with E-state index in [1.165, 1.54) is 7.05 Å². The SMILES string of the molecule is CNC(=O)c1cc2nc(Cl)nc(N3CCOCC3)c2o1. The summed E-state index contributed by atoms with van der Waals surface area (Å²) in [6.45, 7) is 2.62. The average Bonchev–Trinajstić information content (AvgIpc) is 2.90. The zero-order valence-electron chi connectivity index (χ0n) is 10.9. The molecule has 0 unspecified atom stereocenters. The van der Waals surface area contributed by atoms with Crippen LogP contribution in [0.25, 0.3) is 11.1 Å². The van der Waals surface area contributed by atoms with E-state index >= 15 is 0 Å². The maximum Gasteiger partial charge on any atom is 0.286 e. The zero-order valence-corrected chi connectivity index (χ0v) is 11.6. The van der Waals surface area contributed by atoms with Crippen molar-refractivity contribution in [3.8, 4) is 0 Å². The number of carbonyl (C=O) groups excluding carboxylic acids is 1. The maximum atomic E-state index is 11.6. The highest BCUT2D eigenvalue weighted by Crippen LogP contribution is 2.28. The molecule has 1 aliphatic heterocycles. The molecule has 2 aromatic heterocycles. The van der Waals surface area contributed by atoms with Gasteiger partial charge in [0.1, 0.15) is 5.52 Å². The highest BCUT2D eigenvalue weighted by Gasteiger charge is 2.21. The Morgan fingerprint density at radius 1 is 1.40 bits per heavy atom. The Kier molecular flexibility index (Phi) is 3.45. The van der Waals surface area contributed by atoms with Crippen molar-refractivity contribution in [3.05, 3.63) is 17.1 Å². The molecule has 0 aromatic carbocycles. The zero-order chi connectivity index (χ0) is 14.1. The smallest absolute Gasteiger partial charge is 0.286 e. The molecule has 0 atom stereocenters. The summed E-state index contributed by atoms with van der Waals surface area (Å²) < 4.78 is 10.9. The van der Waals surface area contributed by atoms with E-state index in [1.807, 2.05) is 4.90 Å². The van der Waals surface area contributed by atoms with Crippen LogP contribution >= 0.6 is 11.6 Å². The van der Waals surface area contributed by atoms with Gasteiger partial charge in [-0.15, -0.1) is 0 Å². The van der Waals surface area contributed by atoms with Crippen LogP contribution in [0.5, 0.6) is 0 Å². The van der Waals surface area contributed by atoms with Crippen LogP contribution in [0, 0.1) is 0 Å². The number of nitrogens with zero attached hydrogens (tertiary/aromatic N) is 3. The molecule has 106 valence electrons. The summed E-state index contributed by atoms with van der Waals surface area (Å²) in [6.07, 6.45) is 0. The Morgan fingerprint density at radius 2 is 2.15 bits per heavy atom. The number of amides is 1. The van der Waals surface area contributed by atoms with Crippen LogP contribution in [0.15, 0.2) is 10.5 Å². The molecular weight excluding hydrogens is 284 g/mol. The average molecular weight is 297 g/mol. The van der Waals surface area contributed by atoms with Crippen LogP contribution in [0.2, 0.25) is 5.28 Å². The fourth-order valence-electron chi connectivity index (χ4n) is 2.11. The molecule has 1 fully saturated rings. The first-order chi connectivity index (χ1) is 9.69. The molecule has 1 N–H and O–H groups in total. The van der Waals surface area contributed by atoms with Gasteiger partial charge in [-0.3, -0.25) is 4.79 Å². The molecule has 0 saturated carbocycles. The Balaban J connectivity index is 2.10. The van der Waals surface area contributed by atoms with E-state index in [0.29, 0.717) is 43.2 Å². The second-order valence-corrected chi connectivity index (χ2v) is 4.66. The number of halogens is 1. The van der Waals surface area contributed by atoms with Gasteiger partial charge in [0.05, 0.1) is 13.2 Å². The largest absolute Gasteiger partial charge is 0.445 e. The van der Waals surface area contributed by atoms with Crippen LogP contribution in [0.4, 0.5) is 5.82 Å². The minimum atomic E-state index is -0.313. The van der Waals surface area contributed by atoms with Crippen molar-refractivity contribution < 1.29 is 13.9 Å². The predicted octanol–water partition coefficient (Wildman–Crippen LogP) is 1.07. The van der Waals surface area contributed by atoms with Crippen molar-refractivity contribution in [3.63, 3.8) is 0 Å². The lowest BCUT2D eigenvalue weighted by atomic mass is 10.3. The van der Waals surface area contributed by atoms with Gasteiger partial charge in [-0.1, -0.05) is 0 Å². The standard InChI is InChI=1S/C12H13ClN4O3/c1-14-11(18)8-6-7-9(20-8)10(16-12(13)15-7)17-2-4-19-5-3-17/h6H,2-5H2,1H3,(H,14,18). The van der Waals surface area contributed by atoms with Gasteiger partial charge in [0.25, 0.3) is 5.91 Å². The first-order valence-corrected chi connectivity index (χ1v) is 6.58. The quantitative estimate of drug-likeness (QED) is 0.835. The molecule has 0 aliphatic carbocycles. The van der Waals surface area contributed by atoms with Crippen LogP contribution in [-0.4, -0.2) is 49.2 Å². The predicted molar refractivity (Wildman–Crippen MR) is 73.2 cm³/mol. The highest BCUT2D eigenvalue weighted by molar-refractivity contribution is 6.28. The number of aromatic nitrogens is 2. The van der Waals surface area contributed by atoms with Crippen molar-refractivity contribution in [1.82, 2.24) is 15.3 Å². The second kappa shape index (κ2) is 5.26. The highest BCUT2D eigenvalue weighted by atomic mass is 35.5. The third-order valence-electron chi connectivity index (χ3n) is 3.09. The summed E-state index contributed by atoms with van der Waals surface area (Å²) in [5, 5.41) is 2.64. The summed E-state index contributed by atoms with van der Waals surface area (Å²) in [4.78, 5) is 22.0. The summed E-state index contributed by atoms with van der Waals surface area (Å²) in [5.74, 6) is 0.471. The third-order valence-corrected chi connectivity index (χ3v) is 3.26. The van der Waals surface area contributed by atoms with Crippen LogP contribution in [-0.2, 0) is 4.74 Å². The summed E-state index contributed by atoms with van der Waals surface area (Å²) >= 11 is 5.94. The van der Waals surface area contributed by atoms with Gasteiger partial charge < -0.3 is 19.4 Å². The monoisotopic (exact) mass is 296 g/mol. The number of ether oxygens (including phenoxy) is 1. The van der Waals surface area contributed by atoms with E-state index in [9.17, 15) is 4.79 Å². The second-order valence-electron chi connectivity index (χ2n) is 4.32. The van der Waals surface area contributed by atoms with Gasteiger partial charge >= 0.3 is 0 Å². The van der Waals surface area contributed by atoms with Gasteiger partial charge in [0, 0.05) is 26.2 Å². The fourth-order valence-corrected chi connectivity index (χ4v) is 2.28. The van der Waals surface area contributed by atoms with E-state index in [-0.39, 0.29) is 17.0 Å². The van der Waals surface area contributed by atoms with Crippen LogP contribution < -0.4 is 10.2 Å². The van der Waals surface area contributed by atoms with Gasteiger partial charge in [-0.05, 0) is 11.6 Å². The number of fused-ring (bicyclic) bond motifs is 1. The number of nitrogens with one attached hydrogen (secondary N) is 1. The molecule has 1 saturated heterocycles. The number of anilines is 1. The summed E-state index contributed by atoms with van der Waals surface area (Å²) in [5.41, 5.74) is 0.986. The molecule has 7 nitrogen and oxygen atoms in total. The Hall–Kier alpha value is -1.86. The molecule has 1 amide bonds. The third kappa shape index (κ3) is 2.30. The van der Waals surface area contributed by atoms with Gasteiger partial charge in [-0.25, -0.2) is 4.98 Å². The minimum absolute atomic E-state index is 0.128. The van der Waals surface area contributed by atoms with Crippen LogP contribution in [0.3, 0.4) is 0 Å². The normalized spacial score (nSPS) is 15.6. The van der Waals surface area contributed by atoms with Gasteiger partial charge in [0.2, 0.25) is 5.28 Å². The number of carbonyl (C=O) groups is 1. The van der Waals surface area contributed by atoms with Gasteiger partial charge in [-0.2, -0.15) is 4.98 Å². The molecule has 0 bridgehead atoms. The van der Waals surface area contributed by atoms with E-state index in [1.54, 1.807) is 6.07 Å². The maximum absolute atomic E-state index is 11.6. The number of morpholine rings is 1. The lowest BCUT2D eigenvalue weighted by Gasteiger charge is -2.27. The molecule has 8 heteroatoms. The Labute approximate surface area is 119 Å². The Morgan fingerprint density at radius 3 is 2.85 bits per heavy atom. The van der Waals surface area contributed by atoms with E-state index in [4.69, 9.17) is 20.8 Å². The molecule has 0 spiro atoms. The van der Waals surface area contributed by atoms with Crippen molar-refractivity contribution in [2.24, 2.45) is 0 Å². The first-order valence-electron chi connectivity index (χ1n) is 6.21. The first kappa shape index (κ1) is 13.1. The molecular formula is C12H13ClN4O3. The molecule has 0 radical (unpaired) electrons. The molecule has 3 heterocycles. The van der Waals surface area contributed by atoms with Crippen LogP contribution in [0.1, 0.15) is 10.6 Å². The fraction of sp³-hybridized carbons (Fsp3) is 0.417. The van der Waals surface area contributed by atoms with Gasteiger partial charge in [0.15, 0.2) is 17.2 Å². The molecule has 20 heavy (non-hydrogen) atoms. The number of hydrogen-bond acceptors (Lipinski definition) is 6. The van der Waals surface area contributed by atoms with E-state index < -0.39 is 0 Å². The topological polar surface area (TPSA) is 80.5 Å². The number of rotatable bonds is 2. The number of hydrogen-bond donors (Lipinski definition) is 1.